The number of carbonyl (C=O) groups is 4. The number of hydrogen-bond donors (Lipinski definition) is 3. The van der Waals surface area contributed by atoms with Crippen molar-refractivity contribution in [3.8, 4) is 0 Å². The summed E-state index contributed by atoms with van der Waals surface area (Å²) < 4.78 is 11.5. The maximum atomic E-state index is 14.0. The van der Waals surface area contributed by atoms with Crippen molar-refractivity contribution in [3.63, 3.8) is 0 Å². The van der Waals surface area contributed by atoms with Crippen LogP contribution in [0.5, 0.6) is 0 Å². The maximum Gasteiger partial charge on any atom is 0.273 e. The number of thiazole rings is 1. The van der Waals surface area contributed by atoms with Gasteiger partial charge in [-0.3, -0.25) is 19.2 Å². The van der Waals surface area contributed by atoms with Crippen molar-refractivity contribution in [2.24, 2.45) is 11.8 Å². The molecule has 3 aromatic rings. The smallest absolute Gasteiger partial charge is 0.273 e. The number of nitrogens with one attached hydrogen (secondary N) is 3. The lowest BCUT2D eigenvalue weighted by molar-refractivity contribution is -0.122. The van der Waals surface area contributed by atoms with Crippen LogP contribution in [-0.4, -0.2) is 57.6 Å². The minimum absolute atomic E-state index is 0.0550. The summed E-state index contributed by atoms with van der Waals surface area (Å²) in [5.74, 6) is -1.30. The van der Waals surface area contributed by atoms with E-state index in [0.29, 0.717) is 29.5 Å². The van der Waals surface area contributed by atoms with E-state index in [-0.39, 0.29) is 48.1 Å². The number of ether oxygens (including phenoxy) is 1. The average Bonchev–Trinajstić information content (AvgIpc) is 3.72. The fourth-order valence-electron chi connectivity index (χ4n) is 5.39. The highest BCUT2D eigenvalue weighted by Crippen LogP contribution is 2.28. The zero-order valence-electron chi connectivity index (χ0n) is 25.7. The summed E-state index contributed by atoms with van der Waals surface area (Å²) in [5, 5.41) is 11.1. The van der Waals surface area contributed by atoms with E-state index in [9.17, 15) is 19.2 Å². The van der Waals surface area contributed by atoms with Crippen molar-refractivity contribution in [3.05, 3.63) is 68.3 Å². The van der Waals surface area contributed by atoms with Gasteiger partial charge in [-0.15, -0.1) is 11.3 Å². The van der Waals surface area contributed by atoms with Crippen molar-refractivity contribution in [1.29, 1.82) is 0 Å². The van der Waals surface area contributed by atoms with Crippen LogP contribution in [0.4, 0.5) is 0 Å². The highest BCUT2D eigenvalue weighted by atomic mass is 32.1. The van der Waals surface area contributed by atoms with Gasteiger partial charge in [-0.1, -0.05) is 39.8 Å². The van der Waals surface area contributed by atoms with Gasteiger partial charge < -0.3 is 30.0 Å². The normalized spacial score (nSPS) is 21.4. The molecule has 0 saturated carbocycles. The van der Waals surface area contributed by atoms with Gasteiger partial charge in [0.25, 0.3) is 17.7 Å². The minimum atomic E-state index is -0.616. The summed E-state index contributed by atoms with van der Waals surface area (Å²) >= 11 is 1.28. The fraction of sp³-hybridized carbons (Fsp3) is 0.484. The number of hydrogen-bond acceptors (Lipinski definition) is 9. The molecule has 5 rings (SSSR count). The molecular formula is C31H38N6O6S. The van der Waals surface area contributed by atoms with E-state index in [1.807, 2.05) is 33.8 Å². The zero-order valence-corrected chi connectivity index (χ0v) is 26.5. The zero-order chi connectivity index (χ0) is 31.7. The van der Waals surface area contributed by atoms with Crippen LogP contribution in [0.2, 0.25) is 0 Å². The van der Waals surface area contributed by atoms with Gasteiger partial charge in [-0.05, 0) is 42.9 Å². The maximum absolute atomic E-state index is 14.0. The third-order valence-corrected chi connectivity index (χ3v) is 8.68. The number of amides is 4. The number of fused-ring (bicyclic) bond motifs is 5. The third-order valence-electron chi connectivity index (χ3n) is 7.75. The molecule has 3 N–H and O–H groups in total. The van der Waals surface area contributed by atoms with E-state index in [1.54, 1.807) is 31.4 Å². The molecule has 44 heavy (non-hydrogen) atoms. The first-order valence-electron chi connectivity index (χ1n) is 14.7. The summed E-state index contributed by atoms with van der Waals surface area (Å²) in [5.41, 5.74) is 2.47. The van der Waals surface area contributed by atoms with Gasteiger partial charge in [-0.25, -0.2) is 9.97 Å². The Kier molecular flexibility index (Phi) is 9.16. The van der Waals surface area contributed by atoms with Crippen molar-refractivity contribution in [1.82, 2.24) is 30.8 Å². The van der Waals surface area contributed by atoms with Gasteiger partial charge >= 0.3 is 0 Å². The molecule has 4 bridgehead atoms. The predicted molar refractivity (Wildman–Crippen MR) is 162 cm³/mol. The lowest BCUT2D eigenvalue weighted by atomic mass is 10.0. The van der Waals surface area contributed by atoms with Crippen LogP contribution in [0.15, 0.2) is 28.0 Å². The van der Waals surface area contributed by atoms with Gasteiger partial charge in [0.15, 0.2) is 5.69 Å². The fourth-order valence-corrected chi connectivity index (χ4v) is 6.41. The van der Waals surface area contributed by atoms with Crippen LogP contribution in [0, 0.1) is 18.8 Å². The average molecular weight is 623 g/mol. The molecule has 2 aromatic heterocycles. The van der Waals surface area contributed by atoms with E-state index >= 15 is 0 Å². The van der Waals surface area contributed by atoms with E-state index < -0.39 is 35.8 Å². The van der Waals surface area contributed by atoms with Crippen molar-refractivity contribution in [2.45, 2.75) is 72.9 Å². The van der Waals surface area contributed by atoms with Crippen molar-refractivity contribution in [2.75, 3.05) is 13.1 Å². The molecule has 12 nitrogen and oxygen atoms in total. The van der Waals surface area contributed by atoms with Crippen LogP contribution in [0.25, 0.3) is 0 Å². The monoisotopic (exact) mass is 622 g/mol. The van der Waals surface area contributed by atoms with Crippen molar-refractivity contribution < 1.29 is 28.3 Å². The van der Waals surface area contributed by atoms with E-state index in [0.717, 1.165) is 11.1 Å². The molecule has 2 aliphatic heterocycles. The lowest BCUT2D eigenvalue weighted by Gasteiger charge is -2.28. The second-order valence-electron chi connectivity index (χ2n) is 12.0. The number of carbonyl (C=O) groups excluding carboxylic acids is 4. The Balaban J connectivity index is 1.52. The number of benzene rings is 1. The van der Waals surface area contributed by atoms with E-state index in [4.69, 9.17) is 9.15 Å². The second-order valence-corrected chi connectivity index (χ2v) is 12.9. The number of aryl methyl sites for hydroxylation is 1. The molecule has 0 aliphatic carbocycles. The molecule has 3 atom stereocenters. The first-order valence-corrected chi connectivity index (χ1v) is 15.6. The molecule has 0 unspecified atom stereocenters. The highest BCUT2D eigenvalue weighted by Gasteiger charge is 2.32. The van der Waals surface area contributed by atoms with Crippen LogP contribution in [0.3, 0.4) is 0 Å². The first kappa shape index (κ1) is 31.3. The highest BCUT2D eigenvalue weighted by molar-refractivity contribution is 7.09. The molecule has 2 aliphatic rings. The van der Waals surface area contributed by atoms with Crippen LogP contribution < -0.4 is 16.0 Å². The largest absolute Gasteiger partial charge is 0.443 e. The molecule has 0 fully saturated rings. The second kappa shape index (κ2) is 12.9. The van der Waals surface area contributed by atoms with Crippen LogP contribution in [-0.2, 0) is 22.7 Å². The summed E-state index contributed by atoms with van der Waals surface area (Å²) in [6.07, 6.45) is 0. The number of rotatable bonds is 3. The molecule has 1 aromatic carbocycles. The molecular weight excluding hydrogens is 584 g/mol. The van der Waals surface area contributed by atoms with Crippen molar-refractivity contribution >= 4 is 35.0 Å². The van der Waals surface area contributed by atoms with Crippen LogP contribution in [0.1, 0.15) is 106 Å². The summed E-state index contributed by atoms with van der Waals surface area (Å²) in [6, 6.07) is 3.79. The molecule has 0 spiro atoms. The topological polar surface area (TPSA) is 156 Å². The Bertz CT molecular complexity index is 1580. The Hall–Kier alpha value is -4.10. The lowest BCUT2D eigenvalue weighted by Crippen LogP contribution is -2.49. The van der Waals surface area contributed by atoms with Gasteiger partial charge in [-0.2, -0.15) is 0 Å². The van der Waals surface area contributed by atoms with E-state index in [1.165, 1.54) is 16.2 Å². The predicted octanol–water partition coefficient (Wildman–Crippen LogP) is 3.68. The summed E-state index contributed by atoms with van der Waals surface area (Å²) in [4.78, 5) is 64.6. The standard InChI is InChI=1S/C31H38N6O6S/c1-15(2)24-29-36-26(18(6)43-29)28(40)32-17(5)10-37(31(41)20-9-7-8-19-12-42-13-21(19)20)11-23(38)34-25(16(3)4)30-33-22(14-44-30)27(39)35-24/h7-9,14-17,24-25H,10-13H2,1-6H3,(H,32,40)(H,34,38)(H,35,39)/t17-,24-,25+/m1/s1. The first-order chi connectivity index (χ1) is 20.9. The number of nitrogens with zero attached hydrogens (tertiary/aromatic N) is 3. The minimum Gasteiger partial charge on any atom is -0.443 e. The van der Waals surface area contributed by atoms with Gasteiger partial charge in [0.05, 0.1) is 25.8 Å². The van der Waals surface area contributed by atoms with E-state index in [2.05, 4.69) is 25.9 Å². The molecule has 4 heterocycles. The summed E-state index contributed by atoms with van der Waals surface area (Å²) in [6.45, 7) is 11.6. The molecule has 0 saturated heterocycles. The molecule has 13 heteroatoms. The SMILES string of the molecule is Cc1oc2nc1C(=O)N[C@H](C)CN(C(=O)c1cccc3c1COC3)CC(=O)N[C@@H](C(C)C)c1nc(cs1)C(=O)N[C@@H]2C(C)C. The molecule has 4 amide bonds. The summed E-state index contributed by atoms with van der Waals surface area (Å²) in [7, 11) is 0. The van der Waals surface area contributed by atoms with Gasteiger partial charge in [0.2, 0.25) is 11.8 Å². The quantitative estimate of drug-likeness (QED) is 0.400. The molecule has 0 radical (unpaired) electrons. The Morgan fingerprint density at radius 2 is 1.75 bits per heavy atom. The third kappa shape index (κ3) is 6.53. The molecule has 234 valence electrons. The Morgan fingerprint density at radius 3 is 2.48 bits per heavy atom. The Morgan fingerprint density at radius 1 is 1.00 bits per heavy atom. The van der Waals surface area contributed by atoms with Crippen LogP contribution >= 0.6 is 11.3 Å². The van der Waals surface area contributed by atoms with Gasteiger partial charge in [0, 0.05) is 23.5 Å². The number of oxazole rings is 1. The Labute approximate surface area is 260 Å². The van der Waals surface area contributed by atoms with Gasteiger partial charge in [0.1, 0.15) is 22.5 Å². The number of aromatic nitrogens is 2.